The van der Waals surface area contributed by atoms with Crippen molar-refractivity contribution in [2.75, 3.05) is 11.9 Å². The molecule has 1 saturated heterocycles. The van der Waals surface area contributed by atoms with Crippen molar-refractivity contribution in [1.29, 1.82) is 0 Å². The zero-order chi connectivity index (χ0) is 16.2. The summed E-state index contributed by atoms with van der Waals surface area (Å²) in [4.78, 5) is 38.1. The smallest absolute Gasteiger partial charge is 0.275 e. The molecule has 2 aromatic heterocycles. The van der Waals surface area contributed by atoms with Gasteiger partial charge < -0.3 is 10.2 Å². The molecule has 7 heteroatoms. The Labute approximate surface area is 133 Å². The zero-order valence-electron chi connectivity index (χ0n) is 12.8. The van der Waals surface area contributed by atoms with Crippen molar-refractivity contribution in [3.05, 3.63) is 48.2 Å². The van der Waals surface area contributed by atoms with E-state index in [2.05, 4.69) is 20.3 Å². The number of nitrogens with zero attached hydrogens (tertiary/aromatic N) is 4. The Morgan fingerprint density at radius 2 is 2.17 bits per heavy atom. The first-order chi connectivity index (χ1) is 11.1. The maximum atomic E-state index is 12.3. The number of anilines is 1. The van der Waals surface area contributed by atoms with Crippen LogP contribution in [0.4, 0.5) is 5.82 Å². The lowest BCUT2D eigenvalue weighted by molar-refractivity contribution is -0.129. The number of likely N-dealkylation sites (tertiary alicyclic amines) is 1. The fourth-order valence-electron chi connectivity index (χ4n) is 2.76. The molecule has 0 spiro atoms. The minimum absolute atomic E-state index is 0.0312. The summed E-state index contributed by atoms with van der Waals surface area (Å²) in [5.41, 5.74) is 1.04. The molecule has 0 aromatic carbocycles. The summed E-state index contributed by atoms with van der Waals surface area (Å²) in [7, 11) is 0. The van der Waals surface area contributed by atoms with Crippen LogP contribution in [0.25, 0.3) is 0 Å². The van der Waals surface area contributed by atoms with Gasteiger partial charge in [0, 0.05) is 25.9 Å². The minimum atomic E-state index is -0.347. The zero-order valence-corrected chi connectivity index (χ0v) is 12.8. The van der Waals surface area contributed by atoms with Gasteiger partial charge in [-0.3, -0.25) is 14.6 Å². The fraction of sp³-hybridized carbons (Fsp3) is 0.312. The predicted molar refractivity (Wildman–Crippen MR) is 83.6 cm³/mol. The van der Waals surface area contributed by atoms with Gasteiger partial charge in [0.2, 0.25) is 5.91 Å². The summed E-state index contributed by atoms with van der Waals surface area (Å²) in [6.45, 7) is 2.29. The molecule has 1 aliphatic rings. The molecule has 0 unspecified atom stereocenters. The van der Waals surface area contributed by atoms with Gasteiger partial charge in [-0.05, 0) is 25.0 Å². The molecule has 23 heavy (non-hydrogen) atoms. The molecule has 1 aliphatic heterocycles. The summed E-state index contributed by atoms with van der Waals surface area (Å²) < 4.78 is 0. The lowest BCUT2D eigenvalue weighted by Gasteiger charge is -2.23. The van der Waals surface area contributed by atoms with Crippen molar-refractivity contribution in [2.45, 2.75) is 25.8 Å². The first-order valence-corrected chi connectivity index (χ1v) is 7.46. The lowest BCUT2D eigenvalue weighted by Crippen LogP contribution is -2.29. The number of amides is 2. The Morgan fingerprint density at radius 1 is 1.30 bits per heavy atom. The van der Waals surface area contributed by atoms with E-state index in [1.807, 2.05) is 6.07 Å². The third-order valence-corrected chi connectivity index (χ3v) is 3.81. The number of rotatable bonds is 3. The van der Waals surface area contributed by atoms with Gasteiger partial charge in [-0.15, -0.1) is 0 Å². The van der Waals surface area contributed by atoms with Crippen LogP contribution in [0, 0.1) is 0 Å². The minimum Gasteiger partial charge on any atom is -0.334 e. The Bertz CT molecular complexity index is 719. The first-order valence-electron chi connectivity index (χ1n) is 7.46. The van der Waals surface area contributed by atoms with E-state index in [1.165, 1.54) is 18.6 Å². The molecule has 1 atom stereocenters. The highest BCUT2D eigenvalue weighted by Gasteiger charge is 2.29. The SMILES string of the molecule is CC(=O)N1CCC[C@H]1c1cccc(C(=O)Nc2cnccn2)n1. The van der Waals surface area contributed by atoms with Crippen molar-refractivity contribution < 1.29 is 9.59 Å². The van der Waals surface area contributed by atoms with Crippen LogP contribution in [0.1, 0.15) is 42.0 Å². The summed E-state index contributed by atoms with van der Waals surface area (Å²) in [5, 5.41) is 2.65. The molecule has 2 aromatic rings. The molecule has 118 valence electrons. The largest absolute Gasteiger partial charge is 0.334 e. The second-order valence-corrected chi connectivity index (χ2v) is 5.36. The number of carbonyl (C=O) groups is 2. The van der Waals surface area contributed by atoms with Gasteiger partial charge in [-0.2, -0.15) is 0 Å². The maximum Gasteiger partial charge on any atom is 0.275 e. The quantitative estimate of drug-likeness (QED) is 0.934. The monoisotopic (exact) mass is 311 g/mol. The highest BCUT2D eigenvalue weighted by atomic mass is 16.2. The number of hydrogen-bond acceptors (Lipinski definition) is 5. The van der Waals surface area contributed by atoms with Gasteiger partial charge in [0.1, 0.15) is 5.69 Å². The van der Waals surface area contributed by atoms with Crippen LogP contribution >= 0.6 is 0 Å². The van der Waals surface area contributed by atoms with Gasteiger partial charge in [-0.25, -0.2) is 9.97 Å². The molecular formula is C16H17N5O2. The third-order valence-electron chi connectivity index (χ3n) is 3.81. The Kier molecular flexibility index (Phi) is 4.27. The standard InChI is InChI=1S/C16H17N5O2/c1-11(22)21-9-3-6-14(21)12-4-2-5-13(19-12)16(23)20-15-10-17-7-8-18-15/h2,4-5,7-8,10,14H,3,6,9H2,1H3,(H,18,20,23)/t14-/m0/s1. The van der Waals surface area contributed by atoms with Crippen molar-refractivity contribution in [1.82, 2.24) is 19.9 Å². The first kappa shape index (κ1) is 15.1. The van der Waals surface area contributed by atoms with E-state index in [-0.39, 0.29) is 17.9 Å². The number of carbonyl (C=O) groups excluding carboxylic acids is 2. The molecule has 3 rings (SSSR count). The van der Waals surface area contributed by atoms with E-state index in [1.54, 1.807) is 24.0 Å². The fourth-order valence-corrected chi connectivity index (χ4v) is 2.76. The second-order valence-electron chi connectivity index (χ2n) is 5.36. The van der Waals surface area contributed by atoms with E-state index >= 15 is 0 Å². The molecule has 0 bridgehead atoms. The molecule has 0 radical (unpaired) electrons. The lowest BCUT2D eigenvalue weighted by atomic mass is 10.1. The van der Waals surface area contributed by atoms with Crippen LogP contribution in [0.15, 0.2) is 36.8 Å². The summed E-state index contributed by atoms with van der Waals surface area (Å²) in [6, 6.07) is 5.22. The van der Waals surface area contributed by atoms with E-state index in [9.17, 15) is 9.59 Å². The van der Waals surface area contributed by atoms with E-state index < -0.39 is 0 Å². The van der Waals surface area contributed by atoms with Crippen molar-refractivity contribution in [2.24, 2.45) is 0 Å². The van der Waals surface area contributed by atoms with Gasteiger partial charge in [0.15, 0.2) is 5.82 Å². The Morgan fingerprint density at radius 3 is 2.91 bits per heavy atom. The number of hydrogen-bond donors (Lipinski definition) is 1. The van der Waals surface area contributed by atoms with Crippen molar-refractivity contribution in [3.8, 4) is 0 Å². The number of nitrogens with one attached hydrogen (secondary N) is 1. The van der Waals surface area contributed by atoms with Crippen molar-refractivity contribution >= 4 is 17.6 Å². The average Bonchev–Trinajstić information content (AvgIpc) is 3.06. The van der Waals surface area contributed by atoms with Gasteiger partial charge in [0.25, 0.3) is 5.91 Å². The van der Waals surface area contributed by atoms with Crippen LogP contribution < -0.4 is 5.32 Å². The van der Waals surface area contributed by atoms with Crippen LogP contribution in [0.2, 0.25) is 0 Å². The summed E-state index contributed by atoms with van der Waals surface area (Å²) in [5.74, 6) is 0.0550. The molecule has 1 fully saturated rings. The molecule has 3 heterocycles. The molecular weight excluding hydrogens is 294 g/mol. The Balaban J connectivity index is 1.80. The van der Waals surface area contributed by atoms with E-state index in [0.29, 0.717) is 11.5 Å². The second kappa shape index (κ2) is 6.51. The number of aromatic nitrogens is 3. The van der Waals surface area contributed by atoms with Crippen LogP contribution in [-0.4, -0.2) is 38.2 Å². The maximum absolute atomic E-state index is 12.3. The predicted octanol–water partition coefficient (Wildman–Crippen LogP) is 1.81. The normalized spacial score (nSPS) is 17.1. The van der Waals surface area contributed by atoms with Crippen LogP contribution in [0.5, 0.6) is 0 Å². The van der Waals surface area contributed by atoms with Crippen LogP contribution in [0.3, 0.4) is 0 Å². The number of pyridine rings is 1. The van der Waals surface area contributed by atoms with Gasteiger partial charge >= 0.3 is 0 Å². The average molecular weight is 311 g/mol. The van der Waals surface area contributed by atoms with Crippen molar-refractivity contribution in [3.63, 3.8) is 0 Å². The summed E-state index contributed by atoms with van der Waals surface area (Å²) in [6.07, 6.45) is 6.31. The highest BCUT2D eigenvalue weighted by molar-refractivity contribution is 6.02. The highest BCUT2D eigenvalue weighted by Crippen LogP contribution is 2.30. The molecule has 2 amide bonds. The molecule has 0 saturated carbocycles. The molecule has 1 N–H and O–H groups in total. The van der Waals surface area contributed by atoms with Gasteiger partial charge in [-0.1, -0.05) is 6.07 Å². The van der Waals surface area contributed by atoms with Gasteiger partial charge in [0.05, 0.1) is 17.9 Å². The summed E-state index contributed by atoms with van der Waals surface area (Å²) >= 11 is 0. The molecule has 7 nitrogen and oxygen atoms in total. The third kappa shape index (κ3) is 3.33. The van der Waals surface area contributed by atoms with E-state index in [0.717, 1.165) is 25.1 Å². The molecule has 0 aliphatic carbocycles. The topological polar surface area (TPSA) is 88.1 Å². The Hall–Kier alpha value is -2.83. The van der Waals surface area contributed by atoms with Crippen LogP contribution in [-0.2, 0) is 4.79 Å². The van der Waals surface area contributed by atoms with E-state index in [4.69, 9.17) is 0 Å².